The summed E-state index contributed by atoms with van der Waals surface area (Å²) in [7, 11) is 0. The molecule has 1 aromatic rings. The van der Waals surface area contributed by atoms with Gasteiger partial charge in [-0.25, -0.2) is 9.97 Å². The monoisotopic (exact) mass is 249 g/mol. The van der Waals surface area contributed by atoms with Gasteiger partial charge in [-0.2, -0.15) is 13.2 Å². The summed E-state index contributed by atoms with van der Waals surface area (Å²) in [5, 5.41) is 10.7. The molecule has 5 nitrogen and oxygen atoms in total. The van der Waals surface area contributed by atoms with Crippen molar-refractivity contribution < 1.29 is 23.1 Å². The van der Waals surface area contributed by atoms with Gasteiger partial charge in [0, 0.05) is 19.3 Å². The molecule has 0 unspecified atom stereocenters. The fourth-order valence-corrected chi connectivity index (χ4v) is 1.10. The summed E-state index contributed by atoms with van der Waals surface area (Å²) >= 11 is 0. The van der Waals surface area contributed by atoms with E-state index in [-0.39, 0.29) is 19.6 Å². The molecule has 0 aliphatic rings. The van der Waals surface area contributed by atoms with Crippen molar-refractivity contribution in [3.8, 4) is 0 Å². The summed E-state index contributed by atoms with van der Waals surface area (Å²) in [6.07, 6.45) is -2.90. The highest BCUT2D eigenvalue weighted by atomic mass is 19.4. The molecule has 1 aromatic heterocycles. The summed E-state index contributed by atoms with van der Waals surface area (Å²) < 4.78 is 37.5. The Morgan fingerprint density at radius 1 is 1.47 bits per heavy atom. The van der Waals surface area contributed by atoms with Crippen molar-refractivity contribution >= 4 is 5.91 Å². The van der Waals surface area contributed by atoms with Gasteiger partial charge in [-0.05, 0) is 6.42 Å². The zero-order valence-electron chi connectivity index (χ0n) is 8.66. The number of halogens is 3. The number of nitrogens with one attached hydrogen (secondary N) is 1. The average Bonchev–Trinajstić information content (AvgIpc) is 2.28. The van der Waals surface area contributed by atoms with E-state index in [0.717, 1.165) is 12.5 Å². The van der Waals surface area contributed by atoms with Crippen molar-refractivity contribution in [2.75, 3.05) is 13.2 Å². The van der Waals surface area contributed by atoms with Gasteiger partial charge in [-0.3, -0.25) is 4.79 Å². The molecule has 1 heterocycles. The lowest BCUT2D eigenvalue weighted by Gasteiger charge is -2.10. The van der Waals surface area contributed by atoms with Gasteiger partial charge in [-0.15, -0.1) is 0 Å². The summed E-state index contributed by atoms with van der Waals surface area (Å²) in [6, 6.07) is 0. The van der Waals surface area contributed by atoms with Crippen LogP contribution >= 0.6 is 0 Å². The molecule has 94 valence electrons. The van der Waals surface area contributed by atoms with E-state index in [1.165, 1.54) is 0 Å². The smallest absolute Gasteiger partial charge is 0.396 e. The van der Waals surface area contributed by atoms with E-state index in [1.54, 1.807) is 0 Å². The van der Waals surface area contributed by atoms with Gasteiger partial charge in [0.15, 0.2) is 5.69 Å². The molecular formula is C9H10F3N3O2. The van der Waals surface area contributed by atoms with Crippen LogP contribution in [0.1, 0.15) is 22.5 Å². The minimum absolute atomic E-state index is 0.0848. The number of hydrogen-bond donors (Lipinski definition) is 2. The third-order valence-electron chi connectivity index (χ3n) is 1.85. The van der Waals surface area contributed by atoms with E-state index >= 15 is 0 Å². The van der Waals surface area contributed by atoms with Gasteiger partial charge >= 0.3 is 6.18 Å². The molecular weight excluding hydrogens is 239 g/mol. The first kappa shape index (κ1) is 13.4. The van der Waals surface area contributed by atoms with Crippen LogP contribution in [-0.2, 0) is 6.18 Å². The topological polar surface area (TPSA) is 75.1 Å². The van der Waals surface area contributed by atoms with E-state index in [9.17, 15) is 18.0 Å². The number of hydrogen-bond acceptors (Lipinski definition) is 4. The van der Waals surface area contributed by atoms with E-state index in [0.29, 0.717) is 0 Å². The Labute approximate surface area is 94.7 Å². The fraction of sp³-hybridized carbons (Fsp3) is 0.444. The van der Waals surface area contributed by atoms with Crippen LogP contribution in [0.4, 0.5) is 13.2 Å². The van der Waals surface area contributed by atoms with Gasteiger partial charge in [0.1, 0.15) is 6.33 Å². The highest BCUT2D eigenvalue weighted by Gasteiger charge is 2.37. The summed E-state index contributed by atoms with van der Waals surface area (Å²) in [5.74, 6) is -0.911. The number of aromatic nitrogens is 2. The molecule has 0 fully saturated rings. The van der Waals surface area contributed by atoms with Crippen LogP contribution in [0.15, 0.2) is 12.5 Å². The Bertz CT molecular complexity index is 395. The van der Waals surface area contributed by atoms with Crippen LogP contribution in [0.3, 0.4) is 0 Å². The molecule has 0 bridgehead atoms. The molecule has 0 radical (unpaired) electrons. The third-order valence-corrected chi connectivity index (χ3v) is 1.85. The number of rotatable bonds is 4. The molecule has 0 aromatic carbocycles. The second-order valence-corrected chi connectivity index (χ2v) is 3.12. The highest BCUT2D eigenvalue weighted by Crippen LogP contribution is 2.29. The molecule has 8 heteroatoms. The highest BCUT2D eigenvalue weighted by molar-refractivity contribution is 5.95. The number of carbonyl (C=O) groups excluding carboxylic acids is 1. The van der Waals surface area contributed by atoms with Crippen molar-refractivity contribution in [1.82, 2.24) is 15.3 Å². The van der Waals surface area contributed by atoms with E-state index in [2.05, 4.69) is 15.3 Å². The molecule has 0 spiro atoms. The second kappa shape index (κ2) is 5.58. The number of carbonyl (C=O) groups is 1. The standard InChI is InChI=1S/C9H10F3N3O2/c10-9(11,12)7-6(4-13-5-15-7)8(17)14-2-1-3-16/h4-5,16H,1-3H2,(H,14,17). The first-order chi connectivity index (χ1) is 7.96. The molecule has 0 saturated heterocycles. The van der Waals surface area contributed by atoms with Crippen LogP contribution in [-0.4, -0.2) is 34.1 Å². The predicted octanol–water partition coefficient (Wildman–Crippen LogP) is 0.608. The largest absolute Gasteiger partial charge is 0.434 e. The third kappa shape index (κ3) is 3.66. The van der Waals surface area contributed by atoms with Crippen molar-refractivity contribution in [1.29, 1.82) is 0 Å². The van der Waals surface area contributed by atoms with Gasteiger partial charge in [-0.1, -0.05) is 0 Å². The molecule has 1 rings (SSSR count). The number of alkyl halides is 3. The first-order valence-electron chi connectivity index (χ1n) is 4.73. The summed E-state index contributed by atoms with van der Waals surface area (Å²) in [6.45, 7) is -0.0702. The van der Waals surface area contributed by atoms with Gasteiger partial charge in [0.05, 0.1) is 5.56 Å². The van der Waals surface area contributed by atoms with Crippen LogP contribution in [0.5, 0.6) is 0 Å². The first-order valence-corrected chi connectivity index (χ1v) is 4.73. The Hall–Kier alpha value is -1.70. The van der Waals surface area contributed by atoms with Crippen molar-refractivity contribution in [3.63, 3.8) is 0 Å². The van der Waals surface area contributed by atoms with E-state index in [1.807, 2.05) is 0 Å². The molecule has 0 aliphatic carbocycles. The Balaban J connectivity index is 2.86. The van der Waals surface area contributed by atoms with Crippen LogP contribution in [0, 0.1) is 0 Å². The van der Waals surface area contributed by atoms with E-state index in [4.69, 9.17) is 5.11 Å². The minimum atomic E-state index is -4.70. The average molecular weight is 249 g/mol. The van der Waals surface area contributed by atoms with Crippen molar-refractivity contribution in [3.05, 3.63) is 23.8 Å². The van der Waals surface area contributed by atoms with Crippen LogP contribution in [0.25, 0.3) is 0 Å². The lowest BCUT2D eigenvalue weighted by atomic mass is 10.2. The number of aliphatic hydroxyl groups is 1. The normalized spacial score (nSPS) is 11.3. The van der Waals surface area contributed by atoms with Gasteiger partial charge in [0.25, 0.3) is 5.91 Å². The van der Waals surface area contributed by atoms with Crippen molar-refractivity contribution in [2.45, 2.75) is 12.6 Å². The van der Waals surface area contributed by atoms with Crippen LogP contribution in [0.2, 0.25) is 0 Å². The lowest BCUT2D eigenvalue weighted by molar-refractivity contribution is -0.141. The maximum atomic E-state index is 12.5. The van der Waals surface area contributed by atoms with E-state index < -0.39 is 23.3 Å². The number of aliphatic hydroxyl groups excluding tert-OH is 1. The maximum Gasteiger partial charge on any atom is 0.434 e. The zero-order chi connectivity index (χ0) is 12.9. The summed E-state index contributed by atoms with van der Waals surface area (Å²) in [4.78, 5) is 17.9. The van der Waals surface area contributed by atoms with Crippen LogP contribution < -0.4 is 5.32 Å². The summed E-state index contributed by atoms with van der Waals surface area (Å²) in [5.41, 5.74) is -1.90. The second-order valence-electron chi connectivity index (χ2n) is 3.12. The predicted molar refractivity (Wildman–Crippen MR) is 51.1 cm³/mol. The molecule has 0 saturated carbocycles. The van der Waals surface area contributed by atoms with Crippen molar-refractivity contribution in [2.24, 2.45) is 0 Å². The molecule has 0 atom stereocenters. The maximum absolute atomic E-state index is 12.5. The van der Waals surface area contributed by atoms with Gasteiger partial charge < -0.3 is 10.4 Å². The fourth-order valence-electron chi connectivity index (χ4n) is 1.10. The molecule has 17 heavy (non-hydrogen) atoms. The SMILES string of the molecule is O=C(NCCCO)c1cncnc1C(F)(F)F. The zero-order valence-corrected chi connectivity index (χ0v) is 8.66. The quantitative estimate of drug-likeness (QED) is 0.766. The number of amides is 1. The molecule has 1 amide bonds. The Morgan fingerprint density at radius 3 is 2.76 bits per heavy atom. The Morgan fingerprint density at radius 2 is 2.18 bits per heavy atom. The number of nitrogens with zero attached hydrogens (tertiary/aromatic N) is 2. The Kier molecular flexibility index (Phi) is 4.38. The van der Waals surface area contributed by atoms with Gasteiger partial charge in [0.2, 0.25) is 0 Å². The molecule has 0 aliphatic heterocycles. The minimum Gasteiger partial charge on any atom is -0.396 e. The lowest BCUT2D eigenvalue weighted by Crippen LogP contribution is -2.28. The molecule has 2 N–H and O–H groups in total.